The number of nitrogens with zero attached hydrogens (tertiary/aromatic N) is 2. The molecule has 1 aromatic heterocycles. The van der Waals surface area contributed by atoms with Crippen LogP contribution in [0.4, 0.5) is 5.69 Å². The summed E-state index contributed by atoms with van der Waals surface area (Å²) in [4.78, 5) is 4.05. The van der Waals surface area contributed by atoms with Gasteiger partial charge < -0.3 is 5.73 Å². The van der Waals surface area contributed by atoms with Crippen LogP contribution in [0.2, 0.25) is 5.02 Å². The number of aromatic nitrogens is 3. The van der Waals surface area contributed by atoms with Crippen molar-refractivity contribution in [1.82, 2.24) is 19.9 Å². The van der Waals surface area contributed by atoms with Crippen LogP contribution in [0.15, 0.2) is 29.4 Å². The molecule has 1 aromatic carbocycles. The summed E-state index contributed by atoms with van der Waals surface area (Å²) < 4.78 is 26.5. The van der Waals surface area contributed by atoms with E-state index in [4.69, 9.17) is 17.3 Å². The molecule has 0 saturated heterocycles. The Hall–Kier alpha value is -1.64. The van der Waals surface area contributed by atoms with Gasteiger partial charge in [0.2, 0.25) is 10.0 Å². The van der Waals surface area contributed by atoms with Crippen LogP contribution in [0, 0.1) is 0 Å². The Morgan fingerprint density at radius 1 is 1.40 bits per heavy atom. The number of hydrogen-bond acceptors (Lipinski definition) is 5. The molecule has 0 radical (unpaired) electrons. The van der Waals surface area contributed by atoms with Crippen molar-refractivity contribution in [1.29, 1.82) is 0 Å². The maximum absolute atomic E-state index is 12.0. The van der Waals surface area contributed by atoms with Gasteiger partial charge in [0.05, 0.1) is 15.6 Å². The minimum absolute atomic E-state index is 0.0964. The van der Waals surface area contributed by atoms with E-state index in [1.54, 1.807) is 0 Å². The number of aryl methyl sites for hydroxylation is 1. The molecule has 0 spiro atoms. The molecule has 0 unspecified atom stereocenters. The van der Waals surface area contributed by atoms with Crippen LogP contribution in [0.5, 0.6) is 0 Å². The fraction of sp³-hybridized carbons (Fsp3) is 0.273. The highest BCUT2D eigenvalue weighted by Gasteiger charge is 2.14. The van der Waals surface area contributed by atoms with Crippen molar-refractivity contribution in [2.24, 2.45) is 0 Å². The molecule has 0 fully saturated rings. The summed E-state index contributed by atoms with van der Waals surface area (Å²) in [6.07, 6.45) is 2.64. The number of anilines is 1. The standard InChI is InChI=1S/C11H14ClN5O2S/c12-9-4-3-8(6-10(9)13)20(18,19)16-5-1-2-11-14-7-15-17-11/h3-4,6-7,16H,1-2,5,13H2,(H,14,15,17). The molecule has 0 aliphatic heterocycles. The third-order valence-corrected chi connectivity index (χ3v) is 4.43. The monoisotopic (exact) mass is 315 g/mol. The molecule has 0 amide bonds. The number of H-pyrrole nitrogens is 1. The first-order chi connectivity index (χ1) is 9.49. The first kappa shape index (κ1) is 14.8. The predicted octanol–water partition coefficient (Wildman–Crippen LogP) is 0.951. The van der Waals surface area contributed by atoms with Gasteiger partial charge in [0.15, 0.2) is 0 Å². The van der Waals surface area contributed by atoms with E-state index in [0.717, 1.165) is 5.82 Å². The highest BCUT2D eigenvalue weighted by Crippen LogP contribution is 2.21. The third-order valence-electron chi connectivity index (χ3n) is 2.63. The normalized spacial score (nSPS) is 11.7. The van der Waals surface area contributed by atoms with Gasteiger partial charge in [-0.25, -0.2) is 18.1 Å². The van der Waals surface area contributed by atoms with Gasteiger partial charge in [-0.1, -0.05) is 11.6 Å². The van der Waals surface area contributed by atoms with Crippen LogP contribution in [0.25, 0.3) is 0 Å². The maximum Gasteiger partial charge on any atom is 0.240 e. The number of nitrogen functional groups attached to an aromatic ring is 1. The van der Waals surface area contributed by atoms with Crippen molar-refractivity contribution in [2.45, 2.75) is 17.7 Å². The highest BCUT2D eigenvalue weighted by molar-refractivity contribution is 7.89. The molecule has 4 N–H and O–H groups in total. The Balaban J connectivity index is 1.92. The first-order valence-corrected chi connectivity index (χ1v) is 7.74. The smallest absolute Gasteiger partial charge is 0.240 e. The van der Waals surface area contributed by atoms with Crippen molar-refractivity contribution < 1.29 is 8.42 Å². The second-order valence-corrected chi connectivity index (χ2v) is 6.29. The lowest BCUT2D eigenvalue weighted by atomic mass is 10.3. The van der Waals surface area contributed by atoms with Crippen LogP contribution in [0.1, 0.15) is 12.2 Å². The molecule has 2 aromatic rings. The number of nitrogens with two attached hydrogens (primary N) is 1. The summed E-state index contributed by atoms with van der Waals surface area (Å²) in [7, 11) is -3.58. The van der Waals surface area contributed by atoms with Gasteiger partial charge in [-0.15, -0.1) is 0 Å². The lowest BCUT2D eigenvalue weighted by Crippen LogP contribution is -2.25. The molecular formula is C11H14ClN5O2S. The average molecular weight is 316 g/mol. The fourth-order valence-electron chi connectivity index (χ4n) is 1.59. The minimum atomic E-state index is -3.58. The van der Waals surface area contributed by atoms with Crippen LogP contribution < -0.4 is 10.5 Å². The number of halogens is 1. The molecule has 20 heavy (non-hydrogen) atoms. The summed E-state index contributed by atoms with van der Waals surface area (Å²) in [6, 6.07) is 4.21. The van der Waals surface area contributed by atoms with Gasteiger partial charge in [0.1, 0.15) is 12.2 Å². The summed E-state index contributed by atoms with van der Waals surface area (Å²) >= 11 is 5.76. The molecule has 108 valence electrons. The van der Waals surface area contributed by atoms with Crippen molar-refractivity contribution in [3.63, 3.8) is 0 Å². The lowest BCUT2D eigenvalue weighted by Gasteiger charge is -2.07. The van der Waals surface area contributed by atoms with Crippen LogP contribution in [-0.4, -0.2) is 30.1 Å². The fourth-order valence-corrected chi connectivity index (χ4v) is 2.81. The quantitative estimate of drug-likeness (QED) is 0.542. The molecule has 0 aliphatic rings. The number of aromatic amines is 1. The zero-order valence-corrected chi connectivity index (χ0v) is 12.1. The number of sulfonamides is 1. The van der Waals surface area contributed by atoms with Crippen molar-refractivity contribution in [2.75, 3.05) is 12.3 Å². The Bertz CT molecular complexity index is 672. The second-order valence-electron chi connectivity index (χ2n) is 4.12. The molecule has 7 nitrogen and oxygen atoms in total. The van der Waals surface area contributed by atoms with Gasteiger partial charge >= 0.3 is 0 Å². The molecule has 2 rings (SSSR count). The predicted molar refractivity (Wildman–Crippen MR) is 75.8 cm³/mol. The molecule has 0 saturated carbocycles. The summed E-state index contributed by atoms with van der Waals surface area (Å²) in [6.45, 7) is 0.297. The van der Waals surface area contributed by atoms with E-state index in [2.05, 4.69) is 19.9 Å². The molecule has 0 atom stereocenters. The van der Waals surface area contributed by atoms with Crippen LogP contribution >= 0.6 is 11.6 Å². The van der Waals surface area contributed by atoms with E-state index < -0.39 is 10.0 Å². The average Bonchev–Trinajstić information content (AvgIpc) is 2.91. The van der Waals surface area contributed by atoms with Gasteiger partial charge in [0.25, 0.3) is 0 Å². The van der Waals surface area contributed by atoms with E-state index in [1.165, 1.54) is 24.5 Å². The molecule has 1 heterocycles. The molecule has 9 heteroatoms. The van der Waals surface area contributed by atoms with Crippen molar-refractivity contribution in [3.8, 4) is 0 Å². The zero-order valence-electron chi connectivity index (χ0n) is 10.5. The van der Waals surface area contributed by atoms with E-state index >= 15 is 0 Å². The number of benzene rings is 1. The Morgan fingerprint density at radius 3 is 2.85 bits per heavy atom. The van der Waals surface area contributed by atoms with E-state index in [-0.39, 0.29) is 10.6 Å². The Labute approximate surface area is 121 Å². The highest BCUT2D eigenvalue weighted by atomic mass is 35.5. The van der Waals surface area contributed by atoms with Gasteiger partial charge in [-0.05, 0) is 24.6 Å². The first-order valence-electron chi connectivity index (χ1n) is 5.88. The third kappa shape index (κ3) is 3.69. The van der Waals surface area contributed by atoms with Crippen molar-refractivity contribution >= 4 is 27.3 Å². The van der Waals surface area contributed by atoms with Crippen molar-refractivity contribution in [3.05, 3.63) is 35.4 Å². The van der Waals surface area contributed by atoms with E-state index in [1.807, 2.05) is 0 Å². The molecular weight excluding hydrogens is 302 g/mol. The van der Waals surface area contributed by atoms with Gasteiger partial charge in [-0.2, -0.15) is 5.10 Å². The van der Waals surface area contributed by atoms with E-state index in [0.29, 0.717) is 24.4 Å². The second kappa shape index (κ2) is 6.21. The SMILES string of the molecule is Nc1cc(S(=O)(=O)NCCCc2ncn[nH]2)ccc1Cl. The molecule has 0 aliphatic carbocycles. The van der Waals surface area contributed by atoms with Gasteiger partial charge in [0, 0.05) is 13.0 Å². The van der Waals surface area contributed by atoms with Gasteiger partial charge in [-0.3, -0.25) is 5.10 Å². The number of rotatable bonds is 6. The summed E-state index contributed by atoms with van der Waals surface area (Å²) in [5, 5.41) is 6.75. The lowest BCUT2D eigenvalue weighted by molar-refractivity contribution is 0.578. The molecule has 0 bridgehead atoms. The Kier molecular flexibility index (Phi) is 4.58. The Morgan fingerprint density at radius 2 is 2.20 bits per heavy atom. The van der Waals surface area contributed by atoms with Crippen LogP contribution in [-0.2, 0) is 16.4 Å². The number of hydrogen-bond donors (Lipinski definition) is 3. The zero-order chi connectivity index (χ0) is 14.6. The largest absolute Gasteiger partial charge is 0.397 e. The summed E-state index contributed by atoms with van der Waals surface area (Å²) in [5.74, 6) is 0.722. The topological polar surface area (TPSA) is 114 Å². The minimum Gasteiger partial charge on any atom is -0.397 e. The maximum atomic E-state index is 12.0. The summed E-state index contributed by atoms with van der Waals surface area (Å²) in [5.41, 5.74) is 5.83. The number of nitrogens with one attached hydrogen (secondary N) is 2. The van der Waals surface area contributed by atoms with Crippen LogP contribution in [0.3, 0.4) is 0 Å². The van der Waals surface area contributed by atoms with E-state index in [9.17, 15) is 8.42 Å².